The zero-order valence-corrected chi connectivity index (χ0v) is 10.6. The predicted molar refractivity (Wildman–Crippen MR) is 71.7 cm³/mol. The first-order valence-corrected chi connectivity index (χ1v) is 5.78. The summed E-state index contributed by atoms with van der Waals surface area (Å²) in [5.41, 5.74) is 4.08. The zero-order chi connectivity index (χ0) is 13.0. The minimum absolute atomic E-state index is 0.129. The third-order valence-electron chi connectivity index (χ3n) is 3.42. The Kier molecular flexibility index (Phi) is 2.05. The average Bonchev–Trinajstić information content (AvgIpc) is 2.60. The van der Waals surface area contributed by atoms with E-state index in [0.29, 0.717) is 21.8 Å². The molecule has 0 atom stereocenters. The Hall–Kier alpha value is -2.23. The summed E-state index contributed by atoms with van der Waals surface area (Å²) in [5.74, 6) is 0. The molecule has 0 aliphatic carbocycles. The van der Waals surface area contributed by atoms with Gasteiger partial charge in [0, 0.05) is 5.22 Å². The van der Waals surface area contributed by atoms with Crippen molar-refractivity contribution in [3.05, 3.63) is 44.5 Å². The lowest BCUT2D eigenvalue weighted by atomic mass is 10.1. The van der Waals surface area contributed by atoms with Crippen LogP contribution in [-0.2, 0) is 0 Å². The van der Waals surface area contributed by atoms with Crippen molar-refractivity contribution in [1.82, 2.24) is 14.6 Å². The Labute approximate surface area is 104 Å². The molecule has 2 aromatic heterocycles. The molecule has 0 saturated carbocycles. The lowest BCUT2D eigenvalue weighted by Crippen LogP contribution is -2.17. The quantitative estimate of drug-likeness (QED) is 0.594. The molecule has 0 unspecified atom stereocenters. The summed E-state index contributed by atoms with van der Waals surface area (Å²) in [7, 11) is 0. The standard InChI is InChI=1S/C14H13N3O/c1-7-5-11-12(6-8(7)2)15-13-9(3)10(4)16-17(13)14(11)18/h5-6H,3H2,1-2,4H3. The largest absolute Gasteiger partial charge is 0.282 e. The number of benzene rings is 1. The summed E-state index contributed by atoms with van der Waals surface area (Å²) in [6.45, 7) is 9.74. The van der Waals surface area contributed by atoms with Crippen molar-refractivity contribution < 1.29 is 0 Å². The fraction of sp³-hybridized carbons (Fsp3) is 0.214. The average molecular weight is 239 g/mol. The zero-order valence-electron chi connectivity index (χ0n) is 10.6. The van der Waals surface area contributed by atoms with Crippen LogP contribution in [0.1, 0.15) is 16.8 Å². The summed E-state index contributed by atoms with van der Waals surface area (Å²) in [6.07, 6.45) is 0. The van der Waals surface area contributed by atoms with E-state index in [-0.39, 0.29) is 5.56 Å². The molecular formula is C14H13N3O. The molecule has 0 spiro atoms. The Morgan fingerprint density at radius 1 is 1.17 bits per heavy atom. The summed E-state index contributed by atoms with van der Waals surface area (Å²) in [6, 6.07) is 3.81. The summed E-state index contributed by atoms with van der Waals surface area (Å²) >= 11 is 0. The number of aryl methyl sites for hydroxylation is 3. The normalized spacial score (nSPS) is 11.5. The van der Waals surface area contributed by atoms with Crippen molar-refractivity contribution in [3.8, 4) is 0 Å². The van der Waals surface area contributed by atoms with Gasteiger partial charge in [-0.1, -0.05) is 6.58 Å². The van der Waals surface area contributed by atoms with E-state index >= 15 is 0 Å². The third-order valence-corrected chi connectivity index (χ3v) is 3.42. The highest BCUT2D eigenvalue weighted by Gasteiger charge is 2.11. The van der Waals surface area contributed by atoms with Gasteiger partial charge >= 0.3 is 0 Å². The molecule has 0 saturated heterocycles. The van der Waals surface area contributed by atoms with Crippen LogP contribution in [0.3, 0.4) is 0 Å². The number of nitrogens with zero attached hydrogens (tertiary/aromatic N) is 3. The van der Waals surface area contributed by atoms with Crippen LogP contribution in [0, 0.1) is 20.8 Å². The van der Waals surface area contributed by atoms with E-state index in [1.165, 1.54) is 4.52 Å². The summed E-state index contributed by atoms with van der Waals surface area (Å²) in [5, 5.41) is 5.51. The van der Waals surface area contributed by atoms with E-state index in [2.05, 4.69) is 16.7 Å². The number of fused-ring (bicyclic) bond motifs is 2. The molecule has 0 aliphatic heterocycles. The minimum Gasteiger partial charge on any atom is -0.267 e. The Morgan fingerprint density at radius 3 is 2.56 bits per heavy atom. The summed E-state index contributed by atoms with van der Waals surface area (Å²) in [4.78, 5) is 16.8. The Morgan fingerprint density at radius 2 is 1.83 bits per heavy atom. The van der Waals surface area contributed by atoms with Crippen molar-refractivity contribution in [2.24, 2.45) is 0 Å². The van der Waals surface area contributed by atoms with E-state index < -0.39 is 0 Å². The fourth-order valence-corrected chi connectivity index (χ4v) is 2.10. The van der Waals surface area contributed by atoms with Crippen LogP contribution in [0.4, 0.5) is 0 Å². The summed E-state index contributed by atoms with van der Waals surface area (Å²) < 4.78 is 1.34. The lowest BCUT2D eigenvalue weighted by molar-refractivity contribution is 0.894. The monoisotopic (exact) mass is 239 g/mol. The SMILES string of the molecule is C=c1c(C)nn2c(=O)c3cc(C)c(C)cc3nc12. The van der Waals surface area contributed by atoms with Crippen LogP contribution in [0.25, 0.3) is 23.1 Å². The molecule has 0 fully saturated rings. The van der Waals surface area contributed by atoms with Crippen LogP contribution < -0.4 is 10.8 Å². The fourth-order valence-electron chi connectivity index (χ4n) is 2.10. The lowest BCUT2D eigenvalue weighted by Gasteiger charge is -2.03. The highest BCUT2D eigenvalue weighted by atomic mass is 16.1. The van der Waals surface area contributed by atoms with Gasteiger partial charge in [0.25, 0.3) is 5.56 Å². The van der Waals surface area contributed by atoms with Crippen LogP contribution in [0.5, 0.6) is 0 Å². The van der Waals surface area contributed by atoms with E-state index in [1.807, 2.05) is 32.9 Å². The first-order valence-electron chi connectivity index (χ1n) is 5.78. The predicted octanol–water partition coefficient (Wildman–Crippen LogP) is 1.30. The molecule has 0 radical (unpaired) electrons. The molecule has 0 amide bonds. The van der Waals surface area contributed by atoms with Crippen molar-refractivity contribution in [2.45, 2.75) is 20.8 Å². The first kappa shape index (κ1) is 10.9. The number of aromatic nitrogens is 3. The van der Waals surface area contributed by atoms with Gasteiger partial charge in [-0.05, 0) is 44.0 Å². The molecule has 0 aliphatic rings. The highest BCUT2D eigenvalue weighted by molar-refractivity contribution is 5.81. The van der Waals surface area contributed by atoms with Crippen molar-refractivity contribution in [3.63, 3.8) is 0 Å². The van der Waals surface area contributed by atoms with Gasteiger partial charge in [0.1, 0.15) is 0 Å². The van der Waals surface area contributed by atoms with Gasteiger partial charge in [0.15, 0.2) is 5.65 Å². The second-order valence-electron chi connectivity index (χ2n) is 4.67. The van der Waals surface area contributed by atoms with Crippen molar-refractivity contribution in [1.29, 1.82) is 0 Å². The molecule has 4 nitrogen and oxygen atoms in total. The first-order chi connectivity index (χ1) is 8.49. The van der Waals surface area contributed by atoms with Gasteiger partial charge in [-0.25, -0.2) is 4.98 Å². The second kappa shape index (κ2) is 3.38. The minimum atomic E-state index is -0.129. The van der Waals surface area contributed by atoms with Crippen LogP contribution >= 0.6 is 0 Å². The Bertz CT molecular complexity index is 893. The van der Waals surface area contributed by atoms with E-state index in [4.69, 9.17) is 0 Å². The van der Waals surface area contributed by atoms with Crippen LogP contribution in [-0.4, -0.2) is 14.6 Å². The topological polar surface area (TPSA) is 47.3 Å². The molecule has 4 heteroatoms. The third kappa shape index (κ3) is 1.29. The van der Waals surface area contributed by atoms with Crippen LogP contribution in [0.15, 0.2) is 16.9 Å². The van der Waals surface area contributed by atoms with Gasteiger partial charge < -0.3 is 0 Å². The second-order valence-corrected chi connectivity index (χ2v) is 4.67. The number of rotatable bonds is 0. The van der Waals surface area contributed by atoms with Gasteiger partial charge in [-0.3, -0.25) is 4.79 Å². The van der Waals surface area contributed by atoms with Crippen LogP contribution in [0.2, 0.25) is 0 Å². The molecular weight excluding hydrogens is 226 g/mol. The molecule has 1 aromatic carbocycles. The maximum Gasteiger partial charge on any atom is 0.282 e. The molecule has 90 valence electrons. The number of hydrogen-bond donors (Lipinski definition) is 0. The highest BCUT2D eigenvalue weighted by Crippen LogP contribution is 2.14. The van der Waals surface area contributed by atoms with Gasteiger partial charge in [-0.2, -0.15) is 9.61 Å². The van der Waals surface area contributed by atoms with Crippen molar-refractivity contribution in [2.75, 3.05) is 0 Å². The van der Waals surface area contributed by atoms with E-state index in [1.54, 1.807) is 0 Å². The maximum atomic E-state index is 12.3. The molecule has 2 heterocycles. The molecule has 0 N–H and O–H groups in total. The number of hydrogen-bond acceptors (Lipinski definition) is 3. The molecule has 18 heavy (non-hydrogen) atoms. The molecule has 0 bridgehead atoms. The molecule has 3 aromatic rings. The smallest absolute Gasteiger partial charge is 0.267 e. The van der Waals surface area contributed by atoms with Gasteiger partial charge in [0.05, 0.1) is 16.6 Å². The van der Waals surface area contributed by atoms with E-state index in [9.17, 15) is 4.79 Å². The van der Waals surface area contributed by atoms with Gasteiger partial charge in [0.2, 0.25) is 0 Å². The van der Waals surface area contributed by atoms with E-state index in [0.717, 1.165) is 16.8 Å². The van der Waals surface area contributed by atoms with Gasteiger partial charge in [-0.15, -0.1) is 0 Å². The molecule has 3 rings (SSSR count). The Balaban J connectivity index is 2.65. The maximum absolute atomic E-state index is 12.3. The van der Waals surface area contributed by atoms with Crippen molar-refractivity contribution >= 4 is 23.1 Å².